The van der Waals surface area contributed by atoms with E-state index < -0.39 is 21.2 Å². The van der Waals surface area contributed by atoms with E-state index in [1.807, 2.05) is 0 Å². The summed E-state index contributed by atoms with van der Waals surface area (Å²) in [7, 11) is -4.01. The molecule has 0 aromatic carbocycles. The van der Waals surface area contributed by atoms with Crippen molar-refractivity contribution >= 4 is 33.3 Å². The van der Waals surface area contributed by atoms with E-state index in [4.69, 9.17) is 16.7 Å². The lowest BCUT2D eigenvalue weighted by Crippen LogP contribution is -2.32. The number of nitrogens with one attached hydrogen (secondary N) is 1. The lowest BCUT2D eigenvalue weighted by atomic mass is 10.4. The van der Waals surface area contributed by atoms with Gasteiger partial charge < -0.3 is 5.11 Å². The molecule has 0 bridgehead atoms. The third-order valence-corrected chi connectivity index (χ3v) is 3.76. The zero-order valence-electron chi connectivity index (χ0n) is 8.21. The van der Waals surface area contributed by atoms with Crippen LogP contribution in [0.2, 0.25) is 5.15 Å². The Morgan fingerprint density at radius 3 is 2.75 bits per heavy atom. The van der Waals surface area contributed by atoms with Gasteiger partial charge in [0.2, 0.25) is 10.0 Å². The number of rotatable bonds is 4. The van der Waals surface area contributed by atoms with E-state index in [1.54, 1.807) is 0 Å². The van der Waals surface area contributed by atoms with Crippen LogP contribution in [0.5, 0.6) is 0 Å². The first-order chi connectivity index (χ1) is 7.34. The van der Waals surface area contributed by atoms with E-state index in [0.717, 1.165) is 6.92 Å². The molecule has 0 aliphatic carbocycles. The van der Waals surface area contributed by atoms with Crippen LogP contribution < -0.4 is 4.72 Å². The van der Waals surface area contributed by atoms with Crippen molar-refractivity contribution in [2.45, 2.75) is 12.2 Å². The normalized spacial score (nSPS) is 13.1. The highest BCUT2D eigenvalue weighted by Gasteiger charge is 2.28. The van der Waals surface area contributed by atoms with Crippen molar-refractivity contribution in [1.82, 2.24) is 4.98 Å². The predicted molar refractivity (Wildman–Crippen MR) is 58.9 cm³/mol. The summed E-state index contributed by atoms with van der Waals surface area (Å²) in [6.07, 6.45) is 1.39. The number of nitrogens with zero attached hydrogens (tertiary/aromatic N) is 1. The Hall–Kier alpha value is -1.34. The van der Waals surface area contributed by atoms with Crippen molar-refractivity contribution in [2.75, 3.05) is 4.72 Å². The fourth-order valence-electron chi connectivity index (χ4n) is 0.837. The van der Waals surface area contributed by atoms with Gasteiger partial charge in [0, 0.05) is 6.20 Å². The summed E-state index contributed by atoms with van der Waals surface area (Å²) >= 11 is 5.63. The number of hydrogen-bond acceptors (Lipinski definition) is 4. The summed E-state index contributed by atoms with van der Waals surface area (Å²) < 4.78 is 25.1. The van der Waals surface area contributed by atoms with Gasteiger partial charge in [0.1, 0.15) is 0 Å². The van der Waals surface area contributed by atoms with E-state index in [2.05, 4.69) is 9.71 Å². The molecule has 0 spiro atoms. The number of sulfonamides is 1. The molecule has 1 aromatic heterocycles. The van der Waals surface area contributed by atoms with Crippen LogP contribution in [0, 0.1) is 0 Å². The summed E-state index contributed by atoms with van der Waals surface area (Å²) in [5, 5.41) is 6.99. The van der Waals surface area contributed by atoms with Gasteiger partial charge >= 0.3 is 5.97 Å². The molecule has 0 fully saturated rings. The zero-order valence-corrected chi connectivity index (χ0v) is 9.79. The number of carboxylic acids is 1. The van der Waals surface area contributed by atoms with Crippen molar-refractivity contribution < 1.29 is 18.3 Å². The second kappa shape index (κ2) is 4.67. The van der Waals surface area contributed by atoms with Crippen LogP contribution in [0.25, 0.3) is 0 Å². The Balaban J connectivity index is 2.98. The molecule has 1 unspecified atom stereocenters. The minimum atomic E-state index is -4.01. The topological polar surface area (TPSA) is 96.4 Å². The van der Waals surface area contributed by atoms with Crippen LogP contribution in [0.4, 0.5) is 5.69 Å². The Kier molecular flexibility index (Phi) is 3.71. The van der Waals surface area contributed by atoms with Gasteiger partial charge in [0.25, 0.3) is 0 Å². The Bertz CT molecular complexity index is 503. The number of anilines is 1. The summed E-state index contributed by atoms with van der Waals surface area (Å²) in [6.45, 7) is 1.06. The number of aliphatic carboxylic acids is 1. The molecule has 1 heterocycles. The fraction of sp³-hybridized carbons (Fsp3) is 0.250. The highest BCUT2D eigenvalue weighted by molar-refractivity contribution is 7.94. The van der Waals surface area contributed by atoms with Crippen LogP contribution in [0.15, 0.2) is 18.3 Å². The molecular weight excluding hydrogens is 256 g/mol. The minimum absolute atomic E-state index is 0.0383. The Morgan fingerprint density at radius 2 is 2.25 bits per heavy atom. The number of carbonyl (C=O) groups is 1. The number of hydrogen-bond donors (Lipinski definition) is 2. The zero-order chi connectivity index (χ0) is 12.3. The molecule has 0 aliphatic heterocycles. The van der Waals surface area contributed by atoms with Crippen LogP contribution >= 0.6 is 11.6 Å². The van der Waals surface area contributed by atoms with Gasteiger partial charge in [-0.05, 0) is 19.1 Å². The molecule has 0 radical (unpaired) electrons. The highest BCUT2D eigenvalue weighted by Crippen LogP contribution is 2.20. The fourth-order valence-corrected chi connectivity index (χ4v) is 1.97. The largest absolute Gasteiger partial charge is 0.480 e. The van der Waals surface area contributed by atoms with Crippen LogP contribution in [0.1, 0.15) is 6.92 Å². The lowest BCUT2D eigenvalue weighted by Gasteiger charge is -2.11. The SMILES string of the molecule is CC(C(=O)O)S(=O)(=O)Nc1cccnc1Cl. The summed E-state index contributed by atoms with van der Waals surface area (Å²) in [5.74, 6) is -1.44. The van der Waals surface area contributed by atoms with Crippen molar-refractivity contribution in [3.63, 3.8) is 0 Å². The first-order valence-corrected chi connectivity index (χ1v) is 6.12. The third kappa shape index (κ3) is 2.83. The molecule has 0 aliphatic rings. The number of aromatic nitrogens is 1. The van der Waals surface area contributed by atoms with Gasteiger partial charge in [-0.2, -0.15) is 0 Å². The second-order valence-corrected chi connectivity index (χ2v) is 5.33. The van der Waals surface area contributed by atoms with Crippen LogP contribution in [-0.2, 0) is 14.8 Å². The molecule has 1 rings (SSSR count). The van der Waals surface area contributed by atoms with E-state index in [-0.39, 0.29) is 10.8 Å². The van der Waals surface area contributed by atoms with Gasteiger partial charge in [-0.15, -0.1) is 0 Å². The maximum atomic E-state index is 11.5. The summed E-state index contributed by atoms with van der Waals surface area (Å²) in [6, 6.07) is 2.87. The molecule has 1 aromatic rings. The van der Waals surface area contributed by atoms with Crippen LogP contribution in [-0.4, -0.2) is 29.7 Å². The molecule has 16 heavy (non-hydrogen) atoms. The molecule has 0 saturated heterocycles. The summed E-state index contributed by atoms with van der Waals surface area (Å²) in [5.41, 5.74) is 0.0530. The molecule has 2 N–H and O–H groups in total. The van der Waals surface area contributed by atoms with E-state index in [1.165, 1.54) is 18.3 Å². The van der Waals surface area contributed by atoms with Crippen molar-refractivity contribution in [2.24, 2.45) is 0 Å². The smallest absolute Gasteiger partial charge is 0.323 e. The standard InChI is InChI=1S/C8H9ClN2O4S/c1-5(8(12)13)16(14,15)11-6-3-2-4-10-7(6)9/h2-5,11H,1H3,(H,12,13). The Morgan fingerprint density at radius 1 is 1.62 bits per heavy atom. The predicted octanol–water partition coefficient (Wildman–Crippen LogP) is 0.950. The number of pyridine rings is 1. The molecule has 0 saturated carbocycles. The average Bonchev–Trinajstić information content (AvgIpc) is 2.20. The van der Waals surface area contributed by atoms with E-state index in [9.17, 15) is 13.2 Å². The first-order valence-electron chi connectivity index (χ1n) is 4.19. The van der Waals surface area contributed by atoms with Gasteiger partial charge in [0.05, 0.1) is 5.69 Å². The first kappa shape index (κ1) is 12.7. The summed E-state index contributed by atoms with van der Waals surface area (Å²) in [4.78, 5) is 14.2. The van der Waals surface area contributed by atoms with Crippen molar-refractivity contribution in [3.05, 3.63) is 23.5 Å². The van der Waals surface area contributed by atoms with Gasteiger partial charge in [-0.25, -0.2) is 13.4 Å². The molecule has 8 heteroatoms. The van der Waals surface area contributed by atoms with E-state index >= 15 is 0 Å². The van der Waals surface area contributed by atoms with E-state index in [0.29, 0.717) is 0 Å². The third-order valence-electron chi connectivity index (χ3n) is 1.82. The molecule has 6 nitrogen and oxygen atoms in total. The van der Waals surface area contributed by atoms with Crippen molar-refractivity contribution in [3.8, 4) is 0 Å². The molecule has 1 atom stereocenters. The number of halogens is 1. The molecular formula is C8H9ClN2O4S. The van der Waals surface area contributed by atoms with Gasteiger partial charge in [-0.1, -0.05) is 11.6 Å². The highest BCUT2D eigenvalue weighted by atomic mass is 35.5. The minimum Gasteiger partial charge on any atom is -0.480 e. The second-order valence-electron chi connectivity index (χ2n) is 2.97. The average molecular weight is 265 g/mol. The number of carboxylic acid groups (broad SMARTS) is 1. The Labute approximate surface area is 97.3 Å². The lowest BCUT2D eigenvalue weighted by molar-refractivity contribution is -0.136. The maximum Gasteiger partial charge on any atom is 0.323 e. The molecule has 88 valence electrons. The molecule has 0 amide bonds. The maximum absolute atomic E-state index is 11.5. The quantitative estimate of drug-likeness (QED) is 0.789. The van der Waals surface area contributed by atoms with Crippen LogP contribution in [0.3, 0.4) is 0 Å². The monoisotopic (exact) mass is 264 g/mol. The van der Waals surface area contributed by atoms with Gasteiger partial charge in [0.15, 0.2) is 10.4 Å². The van der Waals surface area contributed by atoms with Crippen molar-refractivity contribution in [1.29, 1.82) is 0 Å². The van der Waals surface area contributed by atoms with Gasteiger partial charge in [-0.3, -0.25) is 9.52 Å².